The van der Waals surface area contributed by atoms with Gasteiger partial charge in [0, 0.05) is 27.4 Å². The smallest absolute Gasteiger partial charge is 0.274 e. The van der Waals surface area contributed by atoms with Crippen LogP contribution in [0.15, 0.2) is 72.8 Å². The summed E-state index contributed by atoms with van der Waals surface area (Å²) in [5, 5.41) is 7.86. The van der Waals surface area contributed by atoms with Crippen LogP contribution >= 0.6 is 11.6 Å². The number of amides is 2. The highest BCUT2D eigenvalue weighted by atomic mass is 35.5. The predicted octanol–water partition coefficient (Wildman–Crippen LogP) is 4.99. The van der Waals surface area contributed by atoms with E-state index in [4.69, 9.17) is 17.3 Å². The molecule has 0 bridgehead atoms. The van der Waals surface area contributed by atoms with Crippen molar-refractivity contribution < 1.29 is 14.0 Å². The van der Waals surface area contributed by atoms with Crippen molar-refractivity contribution in [2.24, 2.45) is 5.73 Å². The van der Waals surface area contributed by atoms with Gasteiger partial charge >= 0.3 is 0 Å². The van der Waals surface area contributed by atoms with Crippen molar-refractivity contribution in [3.63, 3.8) is 0 Å². The van der Waals surface area contributed by atoms with Gasteiger partial charge in [0.05, 0.1) is 11.4 Å². The van der Waals surface area contributed by atoms with Crippen LogP contribution in [0.2, 0.25) is 5.02 Å². The molecule has 0 aliphatic carbocycles. The molecule has 0 saturated carbocycles. The van der Waals surface area contributed by atoms with E-state index in [9.17, 15) is 14.0 Å². The van der Waals surface area contributed by atoms with Gasteiger partial charge in [0.1, 0.15) is 11.5 Å². The molecule has 1 heterocycles. The molecule has 3 aromatic carbocycles. The number of nitrogens with one attached hydrogen (secondary N) is 1. The van der Waals surface area contributed by atoms with E-state index in [1.807, 2.05) is 30.3 Å². The van der Waals surface area contributed by atoms with Gasteiger partial charge in [0.15, 0.2) is 0 Å². The fourth-order valence-electron chi connectivity index (χ4n) is 3.21. The molecule has 6 nitrogen and oxygen atoms in total. The van der Waals surface area contributed by atoms with Crippen LogP contribution in [-0.4, -0.2) is 21.6 Å². The van der Waals surface area contributed by atoms with Crippen LogP contribution in [0.1, 0.15) is 26.4 Å². The zero-order valence-electron chi connectivity index (χ0n) is 17.0. The molecule has 160 valence electrons. The zero-order valence-corrected chi connectivity index (χ0v) is 17.7. The van der Waals surface area contributed by atoms with Gasteiger partial charge in [0.2, 0.25) is 5.91 Å². The summed E-state index contributed by atoms with van der Waals surface area (Å²) in [5.41, 5.74) is 7.81. The van der Waals surface area contributed by atoms with Crippen molar-refractivity contribution in [3.05, 3.63) is 100 Å². The van der Waals surface area contributed by atoms with Crippen LogP contribution in [0.5, 0.6) is 0 Å². The Hall–Kier alpha value is -3.97. The maximum absolute atomic E-state index is 14.3. The van der Waals surface area contributed by atoms with E-state index >= 15 is 0 Å². The molecule has 4 aromatic rings. The van der Waals surface area contributed by atoms with Gasteiger partial charge in [-0.3, -0.25) is 9.59 Å². The number of anilines is 1. The normalized spacial score (nSPS) is 10.7. The number of hydrogen-bond donors (Lipinski definition) is 2. The Labute approximate surface area is 188 Å². The molecule has 0 spiro atoms. The molecule has 32 heavy (non-hydrogen) atoms. The molecule has 2 amide bonds. The van der Waals surface area contributed by atoms with Crippen molar-refractivity contribution in [2.75, 3.05) is 5.32 Å². The number of para-hydroxylation sites is 1. The lowest BCUT2D eigenvalue weighted by Crippen LogP contribution is -2.19. The van der Waals surface area contributed by atoms with E-state index in [1.165, 1.54) is 17.7 Å². The van der Waals surface area contributed by atoms with E-state index in [1.54, 1.807) is 30.3 Å². The number of aromatic nitrogens is 2. The Kier molecular flexibility index (Phi) is 5.75. The summed E-state index contributed by atoms with van der Waals surface area (Å²) >= 11 is 5.98. The molecule has 0 unspecified atom stereocenters. The quantitative estimate of drug-likeness (QED) is 0.450. The standard InChI is InChI=1S/C24H18ClFN4O2/c1-14-19(26)11-16(23(27)31)12-20(14)28-24(32)22-13-21(15-7-9-17(25)10-8-15)29-30(22)18-5-3-2-4-6-18/h2-13H,1H3,(H2,27,31)(H,28,32). The number of rotatable bonds is 5. The molecule has 1 aromatic heterocycles. The summed E-state index contributed by atoms with van der Waals surface area (Å²) in [5.74, 6) is -1.96. The first-order valence-corrected chi connectivity index (χ1v) is 10.0. The first-order valence-electron chi connectivity index (χ1n) is 9.66. The molecule has 3 N–H and O–H groups in total. The fourth-order valence-corrected chi connectivity index (χ4v) is 3.33. The minimum atomic E-state index is -0.793. The Morgan fingerprint density at radius 1 is 1.03 bits per heavy atom. The van der Waals surface area contributed by atoms with Gasteiger partial charge in [-0.15, -0.1) is 0 Å². The van der Waals surface area contributed by atoms with Gasteiger partial charge < -0.3 is 11.1 Å². The summed E-state index contributed by atoms with van der Waals surface area (Å²) in [6.45, 7) is 1.50. The van der Waals surface area contributed by atoms with Crippen LogP contribution in [0.25, 0.3) is 16.9 Å². The van der Waals surface area contributed by atoms with Gasteiger partial charge in [-0.25, -0.2) is 9.07 Å². The van der Waals surface area contributed by atoms with Crippen LogP contribution < -0.4 is 11.1 Å². The minimum absolute atomic E-state index is 0.0400. The molecule has 4 rings (SSSR count). The van der Waals surface area contributed by atoms with Gasteiger partial charge in [-0.05, 0) is 49.4 Å². The Balaban J connectivity index is 1.78. The molecular formula is C24H18ClFN4O2. The van der Waals surface area contributed by atoms with Crippen LogP contribution in [0, 0.1) is 12.7 Å². The zero-order chi connectivity index (χ0) is 22.8. The van der Waals surface area contributed by atoms with Crippen molar-refractivity contribution in [1.29, 1.82) is 0 Å². The summed E-state index contributed by atoms with van der Waals surface area (Å²) in [6, 6.07) is 20.2. The van der Waals surface area contributed by atoms with Crippen molar-refractivity contribution in [3.8, 4) is 16.9 Å². The second kappa shape index (κ2) is 8.64. The summed E-state index contributed by atoms with van der Waals surface area (Å²) in [7, 11) is 0. The number of hydrogen-bond acceptors (Lipinski definition) is 3. The Bertz CT molecular complexity index is 1320. The number of primary amides is 1. The third-order valence-electron chi connectivity index (χ3n) is 4.96. The molecule has 0 aliphatic rings. The highest BCUT2D eigenvalue weighted by Crippen LogP contribution is 2.26. The second-order valence-corrected chi connectivity index (χ2v) is 7.55. The number of benzene rings is 3. The molecule has 0 radical (unpaired) electrons. The summed E-state index contributed by atoms with van der Waals surface area (Å²) in [6.07, 6.45) is 0. The molecular weight excluding hydrogens is 431 g/mol. The lowest BCUT2D eigenvalue weighted by Gasteiger charge is -2.12. The van der Waals surface area contributed by atoms with E-state index in [2.05, 4.69) is 10.4 Å². The predicted molar refractivity (Wildman–Crippen MR) is 122 cm³/mol. The third-order valence-corrected chi connectivity index (χ3v) is 5.21. The molecule has 0 aliphatic heterocycles. The highest BCUT2D eigenvalue weighted by molar-refractivity contribution is 6.30. The lowest BCUT2D eigenvalue weighted by molar-refractivity contribution is 0.0994. The van der Waals surface area contributed by atoms with Gasteiger partial charge in [-0.2, -0.15) is 5.10 Å². The second-order valence-electron chi connectivity index (χ2n) is 7.12. The minimum Gasteiger partial charge on any atom is -0.366 e. The fraction of sp³-hybridized carbons (Fsp3) is 0.0417. The number of carbonyl (C=O) groups is 2. The summed E-state index contributed by atoms with van der Waals surface area (Å²) < 4.78 is 15.8. The number of nitrogens with two attached hydrogens (primary N) is 1. The van der Waals surface area contributed by atoms with Crippen molar-refractivity contribution in [2.45, 2.75) is 6.92 Å². The first-order chi connectivity index (χ1) is 15.3. The largest absolute Gasteiger partial charge is 0.366 e. The van der Waals surface area contributed by atoms with Gasteiger partial charge in [0.25, 0.3) is 5.91 Å². The van der Waals surface area contributed by atoms with Crippen LogP contribution in [0.3, 0.4) is 0 Å². The lowest BCUT2D eigenvalue weighted by atomic mass is 10.1. The van der Waals surface area contributed by atoms with E-state index < -0.39 is 17.6 Å². The average Bonchev–Trinajstić information content (AvgIpc) is 3.23. The van der Waals surface area contributed by atoms with Gasteiger partial charge in [-0.1, -0.05) is 41.9 Å². The maximum atomic E-state index is 14.3. The van der Waals surface area contributed by atoms with E-state index in [-0.39, 0.29) is 22.5 Å². The van der Waals surface area contributed by atoms with Crippen LogP contribution in [-0.2, 0) is 0 Å². The van der Waals surface area contributed by atoms with E-state index in [0.29, 0.717) is 16.4 Å². The van der Waals surface area contributed by atoms with Crippen molar-refractivity contribution in [1.82, 2.24) is 9.78 Å². The number of nitrogens with zero attached hydrogens (tertiary/aromatic N) is 2. The Morgan fingerprint density at radius 3 is 2.38 bits per heavy atom. The number of halogens is 2. The maximum Gasteiger partial charge on any atom is 0.274 e. The van der Waals surface area contributed by atoms with E-state index in [0.717, 1.165) is 11.6 Å². The average molecular weight is 449 g/mol. The topological polar surface area (TPSA) is 90.0 Å². The Morgan fingerprint density at radius 2 is 1.72 bits per heavy atom. The molecule has 0 saturated heterocycles. The van der Waals surface area contributed by atoms with Crippen molar-refractivity contribution >= 4 is 29.1 Å². The SMILES string of the molecule is Cc1c(F)cc(C(N)=O)cc1NC(=O)c1cc(-c2ccc(Cl)cc2)nn1-c1ccccc1. The third kappa shape index (κ3) is 4.24. The summed E-state index contributed by atoms with van der Waals surface area (Å²) in [4.78, 5) is 24.7. The molecule has 8 heteroatoms. The first kappa shape index (κ1) is 21.3. The highest BCUT2D eigenvalue weighted by Gasteiger charge is 2.20. The molecule has 0 atom stereocenters. The molecule has 0 fully saturated rings. The number of carbonyl (C=O) groups excluding carboxylic acids is 2. The van der Waals surface area contributed by atoms with Crippen LogP contribution in [0.4, 0.5) is 10.1 Å². The monoisotopic (exact) mass is 448 g/mol.